The number of aromatic nitrogens is 4. The molecule has 4 heteroatoms. The highest BCUT2D eigenvalue weighted by molar-refractivity contribution is 5.43. The van der Waals surface area contributed by atoms with Crippen LogP contribution in [0.3, 0.4) is 0 Å². The van der Waals surface area contributed by atoms with E-state index in [1.54, 1.807) is 0 Å². The van der Waals surface area contributed by atoms with Crippen LogP contribution >= 0.6 is 0 Å². The molecule has 0 aliphatic heterocycles. The van der Waals surface area contributed by atoms with Crippen molar-refractivity contribution in [3.63, 3.8) is 0 Å². The van der Waals surface area contributed by atoms with Crippen molar-refractivity contribution in [1.82, 2.24) is 19.6 Å². The average molecular weight is 188 g/mol. The van der Waals surface area contributed by atoms with Gasteiger partial charge in [0.2, 0.25) is 0 Å². The Morgan fingerprint density at radius 2 is 2.14 bits per heavy atom. The predicted molar refractivity (Wildman–Crippen MR) is 52.2 cm³/mol. The molecule has 1 saturated carbocycles. The molecule has 0 bridgehead atoms. The minimum atomic E-state index is 0.605. The smallest absolute Gasteiger partial charge is 0.177 e. The van der Waals surface area contributed by atoms with E-state index in [4.69, 9.17) is 0 Å². The number of fused-ring (bicyclic) bond motifs is 1. The Morgan fingerprint density at radius 1 is 1.36 bits per heavy atom. The number of rotatable bonds is 1. The third-order valence-electron chi connectivity index (χ3n) is 2.67. The predicted octanol–water partition coefficient (Wildman–Crippen LogP) is 1.62. The average Bonchev–Trinajstić information content (AvgIpc) is 2.92. The Balaban J connectivity index is 2.30. The van der Waals surface area contributed by atoms with Gasteiger partial charge in [0.15, 0.2) is 11.5 Å². The highest BCUT2D eigenvalue weighted by atomic mass is 15.3. The summed E-state index contributed by atoms with van der Waals surface area (Å²) in [7, 11) is 0. The lowest BCUT2D eigenvalue weighted by atomic mass is 10.4. The van der Waals surface area contributed by atoms with Gasteiger partial charge in [-0.3, -0.25) is 4.98 Å². The standard InChI is InChI=1S/C10H12N4/c1-6-5-11-7(2)10-12-9(8-3-4-8)13-14(6)10/h5,8H,3-4H2,1-2H3. The number of hydrogen-bond donors (Lipinski definition) is 0. The van der Waals surface area contributed by atoms with Gasteiger partial charge in [0.1, 0.15) is 0 Å². The first-order valence-corrected chi connectivity index (χ1v) is 4.94. The van der Waals surface area contributed by atoms with Crippen LogP contribution in [0.5, 0.6) is 0 Å². The van der Waals surface area contributed by atoms with E-state index in [1.165, 1.54) is 12.8 Å². The molecule has 0 spiro atoms. The van der Waals surface area contributed by atoms with Gasteiger partial charge < -0.3 is 0 Å². The third-order valence-corrected chi connectivity index (χ3v) is 2.67. The van der Waals surface area contributed by atoms with Crippen molar-refractivity contribution >= 4 is 5.65 Å². The molecular formula is C10H12N4. The van der Waals surface area contributed by atoms with E-state index in [2.05, 4.69) is 15.1 Å². The second-order valence-electron chi connectivity index (χ2n) is 3.96. The maximum atomic E-state index is 4.52. The van der Waals surface area contributed by atoms with Gasteiger partial charge in [-0.15, -0.1) is 0 Å². The van der Waals surface area contributed by atoms with E-state index >= 15 is 0 Å². The lowest BCUT2D eigenvalue weighted by Crippen LogP contribution is -1.97. The minimum absolute atomic E-state index is 0.605. The van der Waals surface area contributed by atoms with E-state index in [0.29, 0.717) is 5.92 Å². The molecule has 0 amide bonds. The van der Waals surface area contributed by atoms with Crippen LogP contribution in [0.1, 0.15) is 36.0 Å². The summed E-state index contributed by atoms with van der Waals surface area (Å²) in [5, 5.41) is 4.50. The topological polar surface area (TPSA) is 43.1 Å². The van der Waals surface area contributed by atoms with Crippen LogP contribution in [0.15, 0.2) is 6.20 Å². The minimum Gasteiger partial charge on any atom is -0.256 e. The second kappa shape index (κ2) is 2.53. The van der Waals surface area contributed by atoms with Gasteiger partial charge in [0.25, 0.3) is 0 Å². The van der Waals surface area contributed by atoms with Crippen LogP contribution < -0.4 is 0 Å². The lowest BCUT2D eigenvalue weighted by Gasteiger charge is -1.97. The summed E-state index contributed by atoms with van der Waals surface area (Å²) < 4.78 is 1.90. The van der Waals surface area contributed by atoms with Gasteiger partial charge in [0, 0.05) is 12.1 Å². The summed E-state index contributed by atoms with van der Waals surface area (Å²) in [6, 6.07) is 0. The van der Waals surface area contributed by atoms with Crippen LogP contribution in [-0.4, -0.2) is 19.6 Å². The van der Waals surface area contributed by atoms with E-state index in [1.807, 2.05) is 24.6 Å². The SMILES string of the molecule is Cc1ncc(C)n2nc(C3CC3)nc12. The molecule has 4 nitrogen and oxygen atoms in total. The molecule has 0 radical (unpaired) electrons. The summed E-state index contributed by atoms with van der Waals surface area (Å²) in [4.78, 5) is 8.80. The quantitative estimate of drug-likeness (QED) is 0.683. The van der Waals surface area contributed by atoms with Gasteiger partial charge in [0.05, 0.1) is 11.4 Å². The Morgan fingerprint density at radius 3 is 2.79 bits per heavy atom. The molecule has 0 N–H and O–H groups in total. The van der Waals surface area contributed by atoms with E-state index < -0.39 is 0 Å². The number of hydrogen-bond acceptors (Lipinski definition) is 3. The van der Waals surface area contributed by atoms with Gasteiger partial charge in [-0.1, -0.05) is 0 Å². The molecule has 2 aromatic rings. The van der Waals surface area contributed by atoms with Gasteiger partial charge in [-0.2, -0.15) is 5.10 Å². The van der Waals surface area contributed by atoms with Crippen LogP contribution in [0.2, 0.25) is 0 Å². The Bertz CT molecular complexity index is 457. The largest absolute Gasteiger partial charge is 0.256 e. The molecule has 0 atom stereocenters. The van der Waals surface area contributed by atoms with Gasteiger partial charge in [-0.25, -0.2) is 9.50 Å². The van der Waals surface area contributed by atoms with Crippen LogP contribution in [0, 0.1) is 13.8 Å². The highest BCUT2D eigenvalue weighted by Gasteiger charge is 2.28. The fraction of sp³-hybridized carbons (Fsp3) is 0.500. The molecule has 2 aromatic heterocycles. The van der Waals surface area contributed by atoms with E-state index in [0.717, 1.165) is 22.9 Å². The Labute approximate surface area is 82.0 Å². The molecule has 1 aliphatic rings. The van der Waals surface area contributed by atoms with Crippen LogP contribution in [0.25, 0.3) is 5.65 Å². The molecule has 14 heavy (non-hydrogen) atoms. The molecule has 0 unspecified atom stereocenters. The Hall–Kier alpha value is -1.45. The molecule has 1 aliphatic carbocycles. The van der Waals surface area contributed by atoms with Crippen molar-refractivity contribution in [3.05, 3.63) is 23.4 Å². The zero-order valence-corrected chi connectivity index (χ0v) is 8.36. The van der Waals surface area contributed by atoms with Crippen molar-refractivity contribution in [2.45, 2.75) is 32.6 Å². The molecule has 2 heterocycles. The monoisotopic (exact) mass is 188 g/mol. The van der Waals surface area contributed by atoms with Gasteiger partial charge >= 0.3 is 0 Å². The third kappa shape index (κ3) is 1.03. The number of aryl methyl sites for hydroxylation is 2. The fourth-order valence-electron chi connectivity index (χ4n) is 1.63. The van der Waals surface area contributed by atoms with Crippen molar-refractivity contribution in [2.75, 3.05) is 0 Å². The molecule has 1 fully saturated rings. The summed E-state index contributed by atoms with van der Waals surface area (Å²) in [5.41, 5.74) is 2.91. The number of nitrogens with zero attached hydrogens (tertiary/aromatic N) is 4. The summed E-state index contributed by atoms with van der Waals surface area (Å²) >= 11 is 0. The first-order chi connectivity index (χ1) is 6.75. The molecule has 0 saturated heterocycles. The van der Waals surface area contributed by atoms with E-state index in [-0.39, 0.29) is 0 Å². The lowest BCUT2D eigenvalue weighted by molar-refractivity contribution is 0.843. The maximum Gasteiger partial charge on any atom is 0.177 e. The zero-order chi connectivity index (χ0) is 9.71. The van der Waals surface area contributed by atoms with Crippen LogP contribution in [-0.2, 0) is 0 Å². The highest BCUT2D eigenvalue weighted by Crippen LogP contribution is 2.38. The van der Waals surface area contributed by atoms with Crippen molar-refractivity contribution in [1.29, 1.82) is 0 Å². The molecule has 72 valence electrons. The summed E-state index contributed by atoms with van der Waals surface area (Å²) in [6.07, 6.45) is 4.32. The zero-order valence-electron chi connectivity index (χ0n) is 8.36. The maximum absolute atomic E-state index is 4.52. The summed E-state index contributed by atoms with van der Waals surface area (Å²) in [6.45, 7) is 3.98. The molecular weight excluding hydrogens is 176 g/mol. The van der Waals surface area contributed by atoms with Crippen molar-refractivity contribution in [2.24, 2.45) is 0 Å². The van der Waals surface area contributed by atoms with Gasteiger partial charge in [-0.05, 0) is 26.7 Å². The second-order valence-corrected chi connectivity index (χ2v) is 3.96. The molecule has 3 rings (SSSR count). The first kappa shape index (κ1) is 7.91. The summed E-state index contributed by atoms with van der Waals surface area (Å²) in [5.74, 6) is 1.60. The molecule has 0 aromatic carbocycles. The Kier molecular flexibility index (Phi) is 1.43. The van der Waals surface area contributed by atoms with E-state index in [9.17, 15) is 0 Å². The fourth-order valence-corrected chi connectivity index (χ4v) is 1.63. The normalized spacial score (nSPS) is 16.4. The first-order valence-electron chi connectivity index (χ1n) is 4.94. The van der Waals surface area contributed by atoms with Crippen molar-refractivity contribution in [3.8, 4) is 0 Å². The van der Waals surface area contributed by atoms with Crippen molar-refractivity contribution < 1.29 is 0 Å². The van der Waals surface area contributed by atoms with Crippen LogP contribution in [0.4, 0.5) is 0 Å².